The van der Waals surface area contributed by atoms with Crippen molar-refractivity contribution in [1.82, 2.24) is 0 Å². The van der Waals surface area contributed by atoms with Crippen LogP contribution in [0.4, 0.5) is 11.4 Å². The van der Waals surface area contributed by atoms with E-state index in [4.69, 9.17) is 4.74 Å². The molecule has 21 heavy (non-hydrogen) atoms. The fourth-order valence-corrected chi connectivity index (χ4v) is 2.04. The molecule has 0 aliphatic rings. The highest BCUT2D eigenvalue weighted by Crippen LogP contribution is 2.27. The van der Waals surface area contributed by atoms with Gasteiger partial charge in [-0.3, -0.25) is 14.9 Å². The number of rotatable bonds is 5. The van der Waals surface area contributed by atoms with Gasteiger partial charge >= 0.3 is 0 Å². The van der Waals surface area contributed by atoms with Crippen LogP contribution in [0.3, 0.4) is 0 Å². The lowest BCUT2D eigenvalue weighted by Gasteiger charge is -2.08. The van der Waals surface area contributed by atoms with Gasteiger partial charge in [0.15, 0.2) is 6.61 Å². The Labute approximate surface area is 129 Å². The average molecular weight is 351 g/mol. The molecule has 0 aromatic heterocycles. The third-order valence-electron chi connectivity index (χ3n) is 2.55. The third kappa shape index (κ3) is 4.28. The maximum Gasteiger partial charge on any atom is 0.270 e. The number of para-hydroxylation sites is 1. The van der Waals surface area contributed by atoms with E-state index in [1.807, 2.05) is 6.07 Å². The van der Waals surface area contributed by atoms with Crippen molar-refractivity contribution in [2.24, 2.45) is 0 Å². The molecule has 6 nitrogen and oxygen atoms in total. The molecule has 108 valence electrons. The van der Waals surface area contributed by atoms with Gasteiger partial charge < -0.3 is 10.1 Å². The van der Waals surface area contributed by atoms with Crippen LogP contribution < -0.4 is 10.1 Å². The number of carbonyl (C=O) groups excluding carboxylic acids is 1. The smallest absolute Gasteiger partial charge is 0.270 e. The lowest BCUT2D eigenvalue weighted by Crippen LogP contribution is -2.20. The van der Waals surface area contributed by atoms with Crippen LogP contribution in [0.5, 0.6) is 5.75 Å². The largest absolute Gasteiger partial charge is 0.484 e. The van der Waals surface area contributed by atoms with Gasteiger partial charge in [0.1, 0.15) is 5.75 Å². The number of ether oxygens (including phenoxy) is 1. The molecule has 0 heterocycles. The summed E-state index contributed by atoms with van der Waals surface area (Å²) >= 11 is 3.18. The molecular formula is C14H11BrN2O4. The number of hydrogen-bond acceptors (Lipinski definition) is 4. The van der Waals surface area contributed by atoms with E-state index in [9.17, 15) is 14.9 Å². The van der Waals surface area contributed by atoms with Crippen molar-refractivity contribution in [3.8, 4) is 5.75 Å². The second-order valence-electron chi connectivity index (χ2n) is 4.07. The number of hydrogen-bond donors (Lipinski definition) is 1. The van der Waals surface area contributed by atoms with Gasteiger partial charge in [0, 0.05) is 16.6 Å². The Balaban J connectivity index is 1.95. The SMILES string of the molecule is O=C(COc1ccccc1)Nc1ccc([N+](=O)[O-])cc1Br. The summed E-state index contributed by atoms with van der Waals surface area (Å²) in [6.45, 7) is -0.145. The Kier molecular flexibility index (Phi) is 4.89. The molecule has 0 bridgehead atoms. The van der Waals surface area contributed by atoms with Gasteiger partial charge in [-0.2, -0.15) is 0 Å². The normalized spacial score (nSPS) is 9.95. The van der Waals surface area contributed by atoms with Crippen LogP contribution in [0.1, 0.15) is 0 Å². The molecule has 0 aliphatic heterocycles. The number of amides is 1. The number of benzene rings is 2. The minimum Gasteiger partial charge on any atom is -0.484 e. The van der Waals surface area contributed by atoms with Crippen LogP contribution >= 0.6 is 15.9 Å². The lowest BCUT2D eigenvalue weighted by atomic mass is 10.3. The van der Waals surface area contributed by atoms with Crippen molar-refractivity contribution in [1.29, 1.82) is 0 Å². The monoisotopic (exact) mass is 350 g/mol. The molecule has 7 heteroatoms. The maximum atomic E-state index is 11.8. The number of carbonyl (C=O) groups is 1. The van der Waals surface area contributed by atoms with Gasteiger partial charge in [-0.25, -0.2) is 0 Å². The Morgan fingerprint density at radius 3 is 2.57 bits per heavy atom. The number of nitro groups is 1. The van der Waals surface area contributed by atoms with Crippen molar-refractivity contribution >= 4 is 33.2 Å². The molecule has 0 saturated carbocycles. The van der Waals surface area contributed by atoms with Crippen LogP contribution in [0.2, 0.25) is 0 Å². The zero-order valence-corrected chi connectivity index (χ0v) is 12.4. The van der Waals surface area contributed by atoms with Crippen molar-refractivity contribution < 1.29 is 14.5 Å². The van der Waals surface area contributed by atoms with Gasteiger partial charge in [0.05, 0.1) is 10.6 Å². The molecule has 0 atom stereocenters. The van der Waals surface area contributed by atoms with E-state index in [2.05, 4.69) is 21.2 Å². The Bertz CT molecular complexity index is 661. The molecule has 0 unspecified atom stereocenters. The molecule has 0 radical (unpaired) electrons. The summed E-state index contributed by atoms with van der Waals surface area (Å²) in [6.07, 6.45) is 0. The number of non-ortho nitro benzene ring substituents is 1. The van der Waals surface area contributed by atoms with E-state index in [0.717, 1.165) is 0 Å². The van der Waals surface area contributed by atoms with E-state index in [-0.39, 0.29) is 18.2 Å². The summed E-state index contributed by atoms with van der Waals surface area (Å²) in [7, 11) is 0. The number of nitrogens with one attached hydrogen (secondary N) is 1. The number of nitrogens with zero attached hydrogens (tertiary/aromatic N) is 1. The number of anilines is 1. The first-order chi connectivity index (χ1) is 10.1. The highest BCUT2D eigenvalue weighted by atomic mass is 79.9. The zero-order valence-electron chi connectivity index (χ0n) is 10.8. The van der Waals surface area contributed by atoms with E-state index >= 15 is 0 Å². The highest BCUT2D eigenvalue weighted by molar-refractivity contribution is 9.10. The van der Waals surface area contributed by atoms with E-state index in [0.29, 0.717) is 15.9 Å². The summed E-state index contributed by atoms with van der Waals surface area (Å²) < 4.78 is 5.74. The Hall–Kier alpha value is -2.41. The van der Waals surface area contributed by atoms with E-state index < -0.39 is 4.92 Å². The van der Waals surface area contributed by atoms with Crippen molar-refractivity contribution in [2.45, 2.75) is 0 Å². The molecule has 0 aliphatic carbocycles. The number of halogens is 1. The summed E-state index contributed by atoms with van der Waals surface area (Å²) in [5.74, 6) is 0.240. The predicted octanol–water partition coefficient (Wildman–Crippen LogP) is 3.37. The van der Waals surface area contributed by atoms with Crippen LogP contribution in [0, 0.1) is 10.1 Å². The van der Waals surface area contributed by atoms with Gasteiger partial charge in [-0.1, -0.05) is 18.2 Å². The average Bonchev–Trinajstić information content (AvgIpc) is 2.48. The van der Waals surface area contributed by atoms with Crippen molar-refractivity contribution in [2.75, 3.05) is 11.9 Å². The van der Waals surface area contributed by atoms with Gasteiger partial charge in [-0.15, -0.1) is 0 Å². The third-order valence-corrected chi connectivity index (χ3v) is 3.21. The molecule has 1 amide bonds. The van der Waals surface area contributed by atoms with E-state index in [1.54, 1.807) is 24.3 Å². The van der Waals surface area contributed by atoms with Crippen molar-refractivity contribution in [3.63, 3.8) is 0 Å². The van der Waals surface area contributed by atoms with E-state index in [1.165, 1.54) is 18.2 Å². The summed E-state index contributed by atoms with van der Waals surface area (Å²) in [4.78, 5) is 21.9. The first-order valence-corrected chi connectivity index (χ1v) is 6.77. The Morgan fingerprint density at radius 1 is 1.24 bits per heavy atom. The number of nitro benzene ring substituents is 1. The van der Waals surface area contributed by atoms with Gasteiger partial charge in [-0.05, 0) is 34.1 Å². The topological polar surface area (TPSA) is 81.5 Å². The zero-order chi connectivity index (χ0) is 15.2. The maximum absolute atomic E-state index is 11.8. The van der Waals surface area contributed by atoms with Crippen LogP contribution in [-0.4, -0.2) is 17.4 Å². The summed E-state index contributed by atoms with van der Waals surface area (Å²) in [5, 5.41) is 13.2. The van der Waals surface area contributed by atoms with Gasteiger partial charge in [0.25, 0.3) is 11.6 Å². The first-order valence-electron chi connectivity index (χ1n) is 5.98. The fourth-order valence-electron chi connectivity index (χ4n) is 1.57. The lowest BCUT2D eigenvalue weighted by molar-refractivity contribution is -0.384. The molecule has 0 spiro atoms. The minimum absolute atomic E-state index is 0.0552. The fraction of sp³-hybridized carbons (Fsp3) is 0.0714. The van der Waals surface area contributed by atoms with Crippen LogP contribution in [0.25, 0.3) is 0 Å². The first kappa shape index (κ1) is 15.0. The van der Waals surface area contributed by atoms with Gasteiger partial charge in [0.2, 0.25) is 0 Å². The predicted molar refractivity (Wildman–Crippen MR) is 81.4 cm³/mol. The van der Waals surface area contributed by atoms with Crippen LogP contribution in [0.15, 0.2) is 53.0 Å². The quantitative estimate of drug-likeness (QED) is 0.661. The molecule has 0 fully saturated rings. The molecule has 2 rings (SSSR count). The molecule has 1 N–H and O–H groups in total. The second-order valence-corrected chi connectivity index (χ2v) is 4.93. The molecule has 2 aromatic carbocycles. The minimum atomic E-state index is -0.505. The second kappa shape index (κ2) is 6.85. The Morgan fingerprint density at radius 2 is 1.95 bits per heavy atom. The summed E-state index contributed by atoms with van der Waals surface area (Å²) in [5.41, 5.74) is 0.391. The van der Waals surface area contributed by atoms with Crippen molar-refractivity contribution in [3.05, 3.63) is 63.1 Å². The standard InChI is InChI=1S/C14H11BrN2O4/c15-12-8-10(17(19)20)6-7-13(12)16-14(18)9-21-11-4-2-1-3-5-11/h1-8H,9H2,(H,16,18). The molecule has 2 aromatic rings. The van der Waals surface area contributed by atoms with Crippen LogP contribution in [-0.2, 0) is 4.79 Å². The summed E-state index contributed by atoms with van der Waals surface area (Å²) in [6, 6.07) is 13.1. The highest BCUT2D eigenvalue weighted by Gasteiger charge is 2.11. The molecular weight excluding hydrogens is 340 g/mol. The molecule has 0 saturated heterocycles.